The number of carbonyl (C=O) groups excluding carboxylic acids is 2. The minimum atomic E-state index is -1.22. The Morgan fingerprint density at radius 1 is 1.33 bits per heavy atom. The number of aliphatic carboxylic acids is 1. The van der Waals surface area contributed by atoms with Crippen LogP contribution in [0.5, 0.6) is 0 Å². The number of hydrogen-bond donors (Lipinski definition) is 1. The van der Waals surface area contributed by atoms with Crippen molar-refractivity contribution in [2.45, 2.75) is 51.9 Å². The van der Waals surface area contributed by atoms with Crippen LogP contribution in [0.3, 0.4) is 0 Å². The van der Waals surface area contributed by atoms with E-state index in [1.807, 2.05) is 0 Å². The summed E-state index contributed by atoms with van der Waals surface area (Å²) in [6.07, 6.45) is 3.08. The van der Waals surface area contributed by atoms with Crippen molar-refractivity contribution < 1.29 is 24.2 Å². The minimum absolute atomic E-state index is 0.0556. The standard InChI is InChI=1S/C13H20O5/c1-2-18-12(17)13(9-7-11(15)16)8-5-3-4-6-10(13)14/h2-9H2,1H3,(H,15,16). The molecule has 1 fully saturated rings. The summed E-state index contributed by atoms with van der Waals surface area (Å²) in [5.74, 6) is -1.69. The molecule has 0 aliphatic heterocycles. The monoisotopic (exact) mass is 256 g/mol. The highest BCUT2D eigenvalue weighted by molar-refractivity contribution is 6.04. The molecule has 18 heavy (non-hydrogen) atoms. The van der Waals surface area contributed by atoms with Crippen molar-refractivity contribution in [2.24, 2.45) is 5.41 Å². The lowest BCUT2D eigenvalue weighted by Crippen LogP contribution is -2.40. The molecule has 1 atom stereocenters. The number of carboxylic acid groups (broad SMARTS) is 1. The van der Waals surface area contributed by atoms with Gasteiger partial charge in [-0.3, -0.25) is 14.4 Å². The van der Waals surface area contributed by atoms with E-state index >= 15 is 0 Å². The van der Waals surface area contributed by atoms with E-state index in [9.17, 15) is 14.4 Å². The Kier molecular flexibility index (Phi) is 5.31. The molecule has 1 unspecified atom stereocenters. The first kappa shape index (κ1) is 14.7. The molecule has 1 aliphatic carbocycles. The molecule has 1 rings (SSSR count). The predicted molar refractivity (Wildman–Crippen MR) is 64.0 cm³/mol. The summed E-state index contributed by atoms with van der Waals surface area (Å²) in [5.41, 5.74) is -1.22. The number of carbonyl (C=O) groups is 3. The average Bonchev–Trinajstić information content (AvgIpc) is 2.50. The predicted octanol–water partition coefficient (Wildman–Crippen LogP) is 1.93. The molecule has 5 nitrogen and oxygen atoms in total. The second-order valence-electron chi connectivity index (χ2n) is 4.68. The first-order chi connectivity index (χ1) is 8.53. The zero-order chi connectivity index (χ0) is 13.6. The van der Waals surface area contributed by atoms with Gasteiger partial charge in [0.05, 0.1) is 6.61 Å². The maximum absolute atomic E-state index is 12.2. The molecule has 0 radical (unpaired) electrons. The van der Waals surface area contributed by atoms with Gasteiger partial charge in [0.2, 0.25) is 0 Å². The van der Waals surface area contributed by atoms with Gasteiger partial charge in [0, 0.05) is 12.8 Å². The SMILES string of the molecule is CCOC(=O)C1(CCC(=O)O)CCCCCC1=O. The van der Waals surface area contributed by atoms with E-state index in [2.05, 4.69) is 0 Å². The van der Waals surface area contributed by atoms with Gasteiger partial charge in [-0.15, -0.1) is 0 Å². The van der Waals surface area contributed by atoms with Crippen molar-refractivity contribution >= 4 is 17.7 Å². The summed E-state index contributed by atoms with van der Waals surface area (Å²) >= 11 is 0. The van der Waals surface area contributed by atoms with Crippen molar-refractivity contribution in [1.82, 2.24) is 0 Å². The molecule has 0 amide bonds. The third-order valence-corrected chi connectivity index (χ3v) is 3.47. The third kappa shape index (κ3) is 3.31. The largest absolute Gasteiger partial charge is 0.481 e. The molecule has 0 spiro atoms. The lowest BCUT2D eigenvalue weighted by Gasteiger charge is -2.28. The number of Topliss-reactive ketones (excluding diaryl/α,β-unsaturated/α-hetero) is 1. The van der Waals surface area contributed by atoms with Crippen LogP contribution >= 0.6 is 0 Å². The van der Waals surface area contributed by atoms with Gasteiger partial charge < -0.3 is 9.84 Å². The number of carboxylic acids is 1. The fourth-order valence-electron chi connectivity index (χ4n) is 2.44. The normalized spacial score (nSPS) is 24.4. The second kappa shape index (κ2) is 6.52. The van der Waals surface area contributed by atoms with Crippen molar-refractivity contribution in [3.63, 3.8) is 0 Å². The molecule has 0 bridgehead atoms. The molecule has 0 heterocycles. The van der Waals surface area contributed by atoms with Crippen LogP contribution in [0.15, 0.2) is 0 Å². The van der Waals surface area contributed by atoms with E-state index < -0.39 is 17.4 Å². The van der Waals surface area contributed by atoms with Crippen LogP contribution in [0, 0.1) is 5.41 Å². The van der Waals surface area contributed by atoms with Crippen LogP contribution in [0.2, 0.25) is 0 Å². The Morgan fingerprint density at radius 3 is 2.67 bits per heavy atom. The topological polar surface area (TPSA) is 80.7 Å². The maximum atomic E-state index is 12.2. The van der Waals surface area contributed by atoms with Gasteiger partial charge >= 0.3 is 11.9 Å². The van der Waals surface area contributed by atoms with Gasteiger partial charge in [-0.1, -0.05) is 12.8 Å². The van der Waals surface area contributed by atoms with Gasteiger partial charge in [-0.2, -0.15) is 0 Å². The summed E-state index contributed by atoms with van der Waals surface area (Å²) < 4.78 is 4.99. The Balaban J connectivity index is 2.92. The fraction of sp³-hybridized carbons (Fsp3) is 0.769. The van der Waals surface area contributed by atoms with Crippen LogP contribution in [-0.4, -0.2) is 29.4 Å². The number of rotatable bonds is 5. The van der Waals surface area contributed by atoms with E-state index in [1.165, 1.54) is 0 Å². The Bertz CT molecular complexity index is 336. The number of ketones is 1. The first-order valence-electron chi connectivity index (χ1n) is 6.45. The summed E-state index contributed by atoms with van der Waals surface area (Å²) in [5, 5.41) is 8.76. The lowest BCUT2D eigenvalue weighted by molar-refractivity contribution is -0.161. The summed E-state index contributed by atoms with van der Waals surface area (Å²) in [4.78, 5) is 34.9. The van der Waals surface area contributed by atoms with Crippen LogP contribution < -0.4 is 0 Å². The highest BCUT2D eigenvalue weighted by Gasteiger charge is 2.46. The molecular formula is C13H20O5. The maximum Gasteiger partial charge on any atom is 0.319 e. The van der Waals surface area contributed by atoms with Crippen molar-refractivity contribution in [1.29, 1.82) is 0 Å². The van der Waals surface area contributed by atoms with Crippen molar-refractivity contribution in [2.75, 3.05) is 6.61 Å². The van der Waals surface area contributed by atoms with Crippen LogP contribution in [0.1, 0.15) is 51.9 Å². The Morgan fingerprint density at radius 2 is 2.06 bits per heavy atom. The highest BCUT2D eigenvalue weighted by atomic mass is 16.5. The smallest absolute Gasteiger partial charge is 0.319 e. The highest BCUT2D eigenvalue weighted by Crippen LogP contribution is 2.37. The van der Waals surface area contributed by atoms with Crippen molar-refractivity contribution in [3.05, 3.63) is 0 Å². The van der Waals surface area contributed by atoms with Crippen molar-refractivity contribution in [3.8, 4) is 0 Å². The third-order valence-electron chi connectivity index (χ3n) is 3.47. The van der Waals surface area contributed by atoms with E-state index in [1.54, 1.807) is 6.92 Å². The van der Waals surface area contributed by atoms with E-state index in [0.29, 0.717) is 12.8 Å². The van der Waals surface area contributed by atoms with Gasteiger partial charge in [-0.25, -0.2) is 0 Å². The summed E-state index contributed by atoms with van der Waals surface area (Å²) in [7, 11) is 0. The Labute approximate surface area is 107 Å². The zero-order valence-electron chi connectivity index (χ0n) is 10.7. The molecule has 0 aromatic rings. The Hall–Kier alpha value is -1.39. The number of hydrogen-bond acceptors (Lipinski definition) is 4. The molecule has 102 valence electrons. The first-order valence-corrected chi connectivity index (χ1v) is 6.45. The van der Waals surface area contributed by atoms with E-state index in [-0.39, 0.29) is 25.2 Å². The molecule has 1 saturated carbocycles. The van der Waals surface area contributed by atoms with Crippen LogP contribution in [0.4, 0.5) is 0 Å². The minimum Gasteiger partial charge on any atom is -0.481 e. The zero-order valence-corrected chi connectivity index (χ0v) is 10.7. The second-order valence-corrected chi connectivity index (χ2v) is 4.68. The molecule has 1 aliphatic rings. The van der Waals surface area contributed by atoms with Gasteiger partial charge in [-0.05, 0) is 26.2 Å². The fourth-order valence-corrected chi connectivity index (χ4v) is 2.44. The van der Waals surface area contributed by atoms with Gasteiger partial charge in [0.25, 0.3) is 0 Å². The number of ether oxygens (including phenoxy) is 1. The molecule has 5 heteroatoms. The van der Waals surface area contributed by atoms with Gasteiger partial charge in [0.15, 0.2) is 0 Å². The quantitative estimate of drug-likeness (QED) is 0.462. The van der Waals surface area contributed by atoms with E-state index in [0.717, 1.165) is 19.3 Å². The molecule has 0 aromatic carbocycles. The summed E-state index contributed by atoms with van der Waals surface area (Å²) in [6, 6.07) is 0. The molecule has 0 aromatic heterocycles. The van der Waals surface area contributed by atoms with Crippen LogP contribution in [-0.2, 0) is 19.1 Å². The number of esters is 1. The van der Waals surface area contributed by atoms with E-state index in [4.69, 9.17) is 9.84 Å². The molecule has 1 N–H and O–H groups in total. The summed E-state index contributed by atoms with van der Waals surface area (Å²) in [6.45, 7) is 1.89. The average molecular weight is 256 g/mol. The molecule has 0 saturated heterocycles. The van der Waals surface area contributed by atoms with Crippen LogP contribution in [0.25, 0.3) is 0 Å². The van der Waals surface area contributed by atoms with Gasteiger partial charge in [0.1, 0.15) is 11.2 Å². The molecular weight excluding hydrogens is 236 g/mol. The lowest BCUT2D eigenvalue weighted by atomic mass is 9.75.